The second-order valence-corrected chi connectivity index (χ2v) is 14.0. The van der Waals surface area contributed by atoms with E-state index in [1.54, 1.807) is 12.1 Å². The van der Waals surface area contributed by atoms with Crippen molar-refractivity contribution in [3.05, 3.63) is 223 Å². The number of rotatable bonds is 8. The number of benzene rings is 7. The normalized spacial score (nSPS) is 12.8. The zero-order valence-corrected chi connectivity index (χ0v) is 34.3. The fourth-order valence-electron chi connectivity index (χ4n) is 7.32. The number of fused-ring (bicyclic) bond motifs is 2. The van der Waals surface area contributed by atoms with Crippen LogP contribution in [0.1, 0.15) is 30.5 Å². The average Bonchev–Trinajstić information content (AvgIpc) is 3.92. The molecule has 0 saturated carbocycles. The number of aryl methyl sites for hydroxylation is 4. The summed E-state index contributed by atoms with van der Waals surface area (Å²) >= 11 is 0. The molecule has 0 bridgehead atoms. The van der Waals surface area contributed by atoms with E-state index in [1.165, 1.54) is 35.5 Å². The van der Waals surface area contributed by atoms with Crippen LogP contribution in [-0.4, -0.2) is 14.5 Å². The summed E-state index contributed by atoms with van der Waals surface area (Å²) in [5.74, 6) is 0.811. The van der Waals surface area contributed by atoms with Crippen LogP contribution in [0.5, 0.6) is 0 Å². The minimum atomic E-state index is -2.18. The summed E-state index contributed by atoms with van der Waals surface area (Å²) in [6.45, 7) is -4.34. The molecule has 0 saturated heterocycles. The smallest absolute Gasteiger partial charge is 0.0774 e. The number of aromatic nitrogens is 3. The minimum Gasteiger partial charge on any atom is -0.557 e. The van der Waals surface area contributed by atoms with Crippen LogP contribution in [0.2, 0.25) is 0 Å². The van der Waals surface area contributed by atoms with Gasteiger partial charge in [-0.25, -0.2) is 0 Å². The summed E-state index contributed by atoms with van der Waals surface area (Å²) in [7, 11) is 0. The predicted molar refractivity (Wildman–Crippen MR) is 238 cm³/mol. The Morgan fingerprint density at radius 3 is 1.95 bits per heavy atom. The molecule has 0 N–H and O–H groups in total. The number of para-hydroxylation sites is 3. The van der Waals surface area contributed by atoms with Gasteiger partial charge in [0.05, 0.1) is 22.5 Å². The maximum absolute atomic E-state index is 7.28. The molecule has 289 valence electrons. The number of hydrogen-bond donors (Lipinski definition) is 0. The van der Waals surface area contributed by atoms with Gasteiger partial charge in [-0.3, -0.25) is 4.98 Å². The van der Waals surface area contributed by atoms with Crippen molar-refractivity contribution < 1.29 is 32.7 Å². The van der Waals surface area contributed by atoms with E-state index in [2.05, 4.69) is 167 Å². The maximum Gasteiger partial charge on any atom is 0.0774 e. The molecule has 10 rings (SSSR count). The molecule has 0 aliphatic rings. The Hall–Kier alpha value is -6.65. The molecular weight excluding hydrogens is 899 g/mol. The van der Waals surface area contributed by atoms with Gasteiger partial charge in [-0.2, -0.15) is 0 Å². The summed E-state index contributed by atoms with van der Waals surface area (Å²) in [6.07, 6.45) is 6.48. The molecule has 3 heterocycles. The average molecular weight is 946 g/mol. The van der Waals surface area contributed by atoms with E-state index in [0.29, 0.717) is 11.3 Å². The second-order valence-electron chi connectivity index (χ2n) is 14.0. The molecule has 3 aromatic heterocycles. The standard InChI is InChI=1S/C41H29N2O.C13H12N.Ir/c1-4-13-29(14-5-1)23-24-30-25-26-39-35(27-30)36(28-44-39)41-42-37-21-10-11-22-38(37)43(41)40-33(31-15-6-2-7-16-31)19-12-20-34(40)32-17-8-3-9-18-32;1-10-3-6-12(7-4-10)13-8-5-11(2)9-14-13;/h1-22,25-27H,23-24H2;3-6,8-9H,1-2H3;/q2*-1;/i;1D3,2D3;. The zero-order chi connectivity index (χ0) is 44.3. The monoisotopic (exact) mass is 946 g/mol. The number of furan rings is 1. The first-order chi connectivity index (χ1) is 31.0. The first-order valence-electron chi connectivity index (χ1n) is 22.2. The topological polar surface area (TPSA) is 43.9 Å². The van der Waals surface area contributed by atoms with Gasteiger partial charge in [0.15, 0.2) is 0 Å². The Morgan fingerprint density at radius 2 is 1.29 bits per heavy atom. The summed E-state index contributed by atoms with van der Waals surface area (Å²) in [5, 5.41) is 1.02. The minimum absolute atomic E-state index is 0. The van der Waals surface area contributed by atoms with Gasteiger partial charge in [0, 0.05) is 57.5 Å². The molecule has 0 fully saturated rings. The van der Waals surface area contributed by atoms with E-state index in [9.17, 15) is 0 Å². The molecule has 5 heteroatoms. The Labute approximate surface area is 367 Å². The molecule has 4 nitrogen and oxygen atoms in total. The third kappa shape index (κ3) is 8.49. The van der Waals surface area contributed by atoms with Crippen molar-refractivity contribution in [1.82, 2.24) is 14.5 Å². The Bertz CT molecular complexity index is 3050. The molecule has 59 heavy (non-hydrogen) atoms. The molecular formula is C54H41IrN3O-2. The van der Waals surface area contributed by atoms with Gasteiger partial charge in [-0.05, 0) is 59.8 Å². The van der Waals surface area contributed by atoms with Crippen molar-refractivity contribution in [1.29, 1.82) is 0 Å². The van der Waals surface area contributed by atoms with E-state index in [4.69, 9.17) is 17.6 Å². The third-order valence-electron chi connectivity index (χ3n) is 10.2. The van der Waals surface area contributed by atoms with Crippen LogP contribution in [0.3, 0.4) is 0 Å². The molecule has 0 atom stereocenters. The fraction of sp³-hybridized carbons (Fsp3) is 0.0741. The fourth-order valence-corrected chi connectivity index (χ4v) is 7.32. The van der Waals surface area contributed by atoms with Crippen molar-refractivity contribution in [2.75, 3.05) is 0 Å². The van der Waals surface area contributed by atoms with Crippen LogP contribution in [0.4, 0.5) is 0 Å². The van der Waals surface area contributed by atoms with Crippen molar-refractivity contribution in [3.63, 3.8) is 0 Å². The van der Waals surface area contributed by atoms with Gasteiger partial charge >= 0.3 is 0 Å². The second kappa shape index (κ2) is 17.9. The van der Waals surface area contributed by atoms with Crippen LogP contribution >= 0.6 is 0 Å². The van der Waals surface area contributed by atoms with Crippen LogP contribution in [0.25, 0.3) is 72.6 Å². The summed E-state index contributed by atoms with van der Waals surface area (Å²) in [4.78, 5) is 9.32. The molecule has 0 aliphatic heterocycles. The van der Waals surface area contributed by atoms with Gasteiger partial charge in [0.2, 0.25) is 0 Å². The summed E-state index contributed by atoms with van der Waals surface area (Å²) < 4.78 is 52.0. The quantitative estimate of drug-likeness (QED) is 0.143. The summed E-state index contributed by atoms with van der Waals surface area (Å²) in [5.41, 5.74) is 13.4. The van der Waals surface area contributed by atoms with Gasteiger partial charge < -0.3 is 14.0 Å². The third-order valence-corrected chi connectivity index (χ3v) is 10.2. The Morgan fingerprint density at radius 1 is 0.627 bits per heavy atom. The number of nitrogens with zero attached hydrogens (tertiary/aromatic N) is 3. The van der Waals surface area contributed by atoms with Crippen LogP contribution < -0.4 is 0 Å². The number of hydrogen-bond acceptors (Lipinski definition) is 3. The number of pyridine rings is 1. The first-order valence-corrected chi connectivity index (χ1v) is 19.2. The summed E-state index contributed by atoms with van der Waals surface area (Å²) in [6, 6.07) is 63.6. The first kappa shape index (κ1) is 32.3. The largest absolute Gasteiger partial charge is 0.557 e. The Kier molecular flexibility index (Phi) is 9.79. The van der Waals surface area contributed by atoms with Crippen LogP contribution in [0, 0.1) is 26.0 Å². The molecule has 0 aliphatic carbocycles. The van der Waals surface area contributed by atoms with Crippen molar-refractivity contribution in [2.24, 2.45) is 0 Å². The molecule has 0 unspecified atom stereocenters. The van der Waals surface area contributed by atoms with Gasteiger partial charge in [0.1, 0.15) is 0 Å². The van der Waals surface area contributed by atoms with Crippen LogP contribution in [0.15, 0.2) is 193 Å². The maximum atomic E-state index is 7.28. The molecule has 0 amide bonds. The van der Waals surface area contributed by atoms with E-state index in [-0.39, 0.29) is 31.2 Å². The van der Waals surface area contributed by atoms with Crippen LogP contribution in [-0.2, 0) is 32.9 Å². The Balaban J connectivity index is 0.000000232. The molecule has 1 radical (unpaired) electrons. The van der Waals surface area contributed by atoms with Gasteiger partial charge in [-0.15, -0.1) is 35.4 Å². The van der Waals surface area contributed by atoms with Gasteiger partial charge in [-0.1, -0.05) is 175 Å². The SMILES string of the molecule is [2H]C([2H])([2H])c1c[c-]c(-c2ccc(C([2H])([2H])[2H])cn2)cc1.[Ir].[c-]1oc2ccc(CCc3ccccc3)cc2c1-c1nc2ccccc2n1-c1c(-c2ccccc2)cccc1-c1ccccc1. The predicted octanol–water partition coefficient (Wildman–Crippen LogP) is 13.5. The zero-order valence-electron chi connectivity index (χ0n) is 37.9. The van der Waals surface area contributed by atoms with E-state index < -0.39 is 13.7 Å². The van der Waals surface area contributed by atoms with Crippen molar-refractivity contribution >= 4 is 22.0 Å². The number of imidazole rings is 1. The molecule has 0 spiro atoms. The van der Waals surface area contributed by atoms with Crippen molar-refractivity contribution in [3.8, 4) is 50.6 Å². The van der Waals surface area contributed by atoms with Gasteiger partial charge in [0.25, 0.3) is 0 Å². The van der Waals surface area contributed by atoms with E-state index in [1.807, 2.05) is 6.07 Å². The van der Waals surface area contributed by atoms with E-state index in [0.717, 1.165) is 74.2 Å². The van der Waals surface area contributed by atoms with Crippen molar-refractivity contribution in [2.45, 2.75) is 26.5 Å². The molecule has 7 aromatic carbocycles. The molecule has 10 aromatic rings. The van der Waals surface area contributed by atoms with E-state index >= 15 is 0 Å².